The van der Waals surface area contributed by atoms with E-state index in [0.29, 0.717) is 18.7 Å². The Morgan fingerprint density at radius 2 is 2.05 bits per heavy atom. The second kappa shape index (κ2) is 5.67. The number of rotatable bonds is 3. The molecular formula is C16H14BrNO2. The predicted octanol–water partition coefficient (Wildman–Crippen LogP) is 3.31. The van der Waals surface area contributed by atoms with Crippen molar-refractivity contribution in [3.63, 3.8) is 0 Å². The van der Waals surface area contributed by atoms with Crippen LogP contribution in [0.4, 0.5) is 0 Å². The van der Waals surface area contributed by atoms with Gasteiger partial charge in [-0.05, 0) is 29.8 Å². The van der Waals surface area contributed by atoms with Crippen LogP contribution in [0.5, 0.6) is 5.75 Å². The zero-order valence-corrected chi connectivity index (χ0v) is 12.4. The molecule has 1 aliphatic heterocycles. The molecule has 1 aliphatic rings. The number of carbonyl (C=O) groups is 1. The molecule has 0 bridgehead atoms. The number of carbonyl (C=O) groups excluding carboxylic acids is 1. The standard InChI is InChI=1S/C16H14BrNO2/c17-14-8-12-6-7-20-15(12)13(9-14)10-18-16(19)11-4-2-1-3-5-11/h1-5,8-9H,6-7,10H2,(H,18,19). The van der Waals surface area contributed by atoms with Crippen molar-refractivity contribution in [1.82, 2.24) is 5.32 Å². The molecule has 20 heavy (non-hydrogen) atoms. The van der Waals surface area contributed by atoms with E-state index in [0.717, 1.165) is 22.2 Å². The van der Waals surface area contributed by atoms with Crippen LogP contribution >= 0.6 is 15.9 Å². The van der Waals surface area contributed by atoms with Gasteiger partial charge in [-0.1, -0.05) is 34.1 Å². The first-order valence-electron chi connectivity index (χ1n) is 6.51. The minimum atomic E-state index is -0.0719. The first-order chi connectivity index (χ1) is 9.74. The fourth-order valence-electron chi connectivity index (χ4n) is 2.34. The van der Waals surface area contributed by atoms with Crippen LogP contribution in [0, 0.1) is 0 Å². The lowest BCUT2D eigenvalue weighted by atomic mass is 10.1. The van der Waals surface area contributed by atoms with Crippen molar-refractivity contribution >= 4 is 21.8 Å². The molecule has 0 unspecified atom stereocenters. The third-order valence-corrected chi connectivity index (χ3v) is 3.76. The van der Waals surface area contributed by atoms with Gasteiger partial charge in [0.1, 0.15) is 5.75 Å². The number of hydrogen-bond donors (Lipinski definition) is 1. The molecule has 1 heterocycles. The highest BCUT2D eigenvalue weighted by molar-refractivity contribution is 9.10. The molecular weight excluding hydrogens is 318 g/mol. The molecule has 1 amide bonds. The molecule has 3 rings (SSSR count). The molecule has 0 saturated heterocycles. The second-order valence-electron chi connectivity index (χ2n) is 4.70. The van der Waals surface area contributed by atoms with Crippen molar-refractivity contribution in [2.75, 3.05) is 6.61 Å². The third-order valence-electron chi connectivity index (χ3n) is 3.30. The van der Waals surface area contributed by atoms with Crippen molar-refractivity contribution in [3.8, 4) is 5.75 Å². The summed E-state index contributed by atoms with van der Waals surface area (Å²) in [6, 6.07) is 13.3. The number of nitrogens with one attached hydrogen (secondary N) is 1. The minimum absolute atomic E-state index is 0.0719. The number of hydrogen-bond acceptors (Lipinski definition) is 2. The molecule has 2 aromatic carbocycles. The summed E-state index contributed by atoms with van der Waals surface area (Å²) in [4.78, 5) is 12.0. The number of amides is 1. The smallest absolute Gasteiger partial charge is 0.251 e. The highest BCUT2D eigenvalue weighted by atomic mass is 79.9. The van der Waals surface area contributed by atoms with E-state index in [1.807, 2.05) is 24.3 Å². The van der Waals surface area contributed by atoms with Crippen molar-refractivity contribution in [2.45, 2.75) is 13.0 Å². The summed E-state index contributed by atoms with van der Waals surface area (Å²) >= 11 is 3.50. The molecule has 0 fully saturated rings. The Labute approximate surface area is 126 Å². The number of benzene rings is 2. The van der Waals surface area contributed by atoms with Crippen molar-refractivity contribution < 1.29 is 9.53 Å². The minimum Gasteiger partial charge on any atom is -0.493 e. The Morgan fingerprint density at radius 3 is 2.85 bits per heavy atom. The van der Waals surface area contributed by atoms with Crippen LogP contribution in [0.25, 0.3) is 0 Å². The van der Waals surface area contributed by atoms with Crippen LogP contribution in [0.1, 0.15) is 21.5 Å². The van der Waals surface area contributed by atoms with Crippen LogP contribution in [0.15, 0.2) is 46.9 Å². The van der Waals surface area contributed by atoms with Crippen LogP contribution < -0.4 is 10.1 Å². The van der Waals surface area contributed by atoms with Gasteiger partial charge in [-0.2, -0.15) is 0 Å². The fraction of sp³-hybridized carbons (Fsp3) is 0.188. The van der Waals surface area contributed by atoms with Gasteiger partial charge in [0.25, 0.3) is 5.91 Å². The van der Waals surface area contributed by atoms with E-state index in [2.05, 4.69) is 27.3 Å². The molecule has 0 spiro atoms. The monoisotopic (exact) mass is 331 g/mol. The van der Waals surface area contributed by atoms with E-state index in [9.17, 15) is 4.79 Å². The summed E-state index contributed by atoms with van der Waals surface area (Å²) < 4.78 is 6.67. The molecule has 0 atom stereocenters. The van der Waals surface area contributed by atoms with E-state index in [1.54, 1.807) is 12.1 Å². The Hall–Kier alpha value is -1.81. The summed E-state index contributed by atoms with van der Waals surface area (Å²) in [5, 5.41) is 2.93. The highest BCUT2D eigenvalue weighted by Crippen LogP contribution is 2.32. The van der Waals surface area contributed by atoms with Gasteiger partial charge in [0.2, 0.25) is 0 Å². The molecule has 0 aromatic heterocycles. The van der Waals surface area contributed by atoms with Gasteiger partial charge in [0.15, 0.2) is 0 Å². The van der Waals surface area contributed by atoms with Gasteiger partial charge in [0.05, 0.1) is 6.61 Å². The SMILES string of the molecule is O=C(NCc1cc(Br)cc2c1OCC2)c1ccccc1. The van der Waals surface area contributed by atoms with E-state index in [-0.39, 0.29) is 5.91 Å². The summed E-state index contributed by atoms with van der Waals surface area (Å²) in [6.07, 6.45) is 0.925. The molecule has 3 nitrogen and oxygen atoms in total. The third kappa shape index (κ3) is 2.70. The molecule has 102 valence electrons. The Balaban J connectivity index is 1.75. The molecule has 0 radical (unpaired) electrons. The zero-order chi connectivity index (χ0) is 13.9. The molecule has 1 N–H and O–H groups in total. The maximum absolute atomic E-state index is 12.0. The van der Waals surface area contributed by atoms with Gasteiger partial charge in [0, 0.05) is 28.6 Å². The molecule has 4 heteroatoms. The lowest BCUT2D eigenvalue weighted by molar-refractivity contribution is 0.0950. The average molecular weight is 332 g/mol. The number of halogens is 1. The number of ether oxygens (including phenoxy) is 1. The van der Waals surface area contributed by atoms with Crippen molar-refractivity contribution in [1.29, 1.82) is 0 Å². The van der Waals surface area contributed by atoms with E-state index in [1.165, 1.54) is 5.56 Å². The summed E-state index contributed by atoms with van der Waals surface area (Å²) in [7, 11) is 0. The zero-order valence-electron chi connectivity index (χ0n) is 10.9. The first kappa shape index (κ1) is 13.2. The van der Waals surface area contributed by atoms with Crippen LogP contribution in [-0.2, 0) is 13.0 Å². The maximum atomic E-state index is 12.0. The van der Waals surface area contributed by atoms with Crippen LogP contribution in [-0.4, -0.2) is 12.5 Å². The highest BCUT2D eigenvalue weighted by Gasteiger charge is 2.17. The van der Waals surface area contributed by atoms with E-state index < -0.39 is 0 Å². The fourth-order valence-corrected chi connectivity index (χ4v) is 2.90. The molecule has 2 aromatic rings. The Kier molecular flexibility index (Phi) is 3.74. The predicted molar refractivity (Wildman–Crippen MR) is 81.0 cm³/mol. The molecule has 0 aliphatic carbocycles. The Bertz CT molecular complexity index is 640. The summed E-state index contributed by atoms with van der Waals surface area (Å²) in [6.45, 7) is 1.18. The maximum Gasteiger partial charge on any atom is 0.251 e. The van der Waals surface area contributed by atoms with Gasteiger partial charge in [-0.25, -0.2) is 0 Å². The van der Waals surface area contributed by atoms with Gasteiger partial charge in [-0.3, -0.25) is 4.79 Å². The van der Waals surface area contributed by atoms with Gasteiger partial charge >= 0.3 is 0 Å². The molecule has 0 saturated carbocycles. The van der Waals surface area contributed by atoms with E-state index in [4.69, 9.17) is 4.74 Å². The largest absolute Gasteiger partial charge is 0.493 e. The number of fused-ring (bicyclic) bond motifs is 1. The van der Waals surface area contributed by atoms with Crippen molar-refractivity contribution in [2.24, 2.45) is 0 Å². The van der Waals surface area contributed by atoms with Gasteiger partial charge in [-0.15, -0.1) is 0 Å². The lowest BCUT2D eigenvalue weighted by Gasteiger charge is -2.10. The quantitative estimate of drug-likeness (QED) is 0.936. The first-order valence-corrected chi connectivity index (χ1v) is 7.30. The average Bonchev–Trinajstić information content (AvgIpc) is 2.93. The summed E-state index contributed by atoms with van der Waals surface area (Å²) in [5.41, 5.74) is 2.87. The van der Waals surface area contributed by atoms with Crippen LogP contribution in [0.3, 0.4) is 0 Å². The van der Waals surface area contributed by atoms with Gasteiger partial charge < -0.3 is 10.1 Å². The lowest BCUT2D eigenvalue weighted by Crippen LogP contribution is -2.22. The van der Waals surface area contributed by atoms with Crippen molar-refractivity contribution in [3.05, 3.63) is 63.6 Å². The normalized spacial score (nSPS) is 12.7. The Morgan fingerprint density at radius 1 is 1.25 bits per heavy atom. The summed E-state index contributed by atoms with van der Waals surface area (Å²) in [5.74, 6) is 0.846. The van der Waals surface area contributed by atoms with E-state index >= 15 is 0 Å². The van der Waals surface area contributed by atoms with Crippen LogP contribution in [0.2, 0.25) is 0 Å². The topological polar surface area (TPSA) is 38.3 Å². The second-order valence-corrected chi connectivity index (χ2v) is 5.62.